The number of hydrogen-bond donors (Lipinski definition) is 2. The topological polar surface area (TPSA) is 97.0 Å². The smallest absolute Gasteiger partial charge is 0.407 e. The van der Waals surface area contributed by atoms with Crippen molar-refractivity contribution in [1.82, 2.24) is 14.9 Å². The molecule has 0 saturated carbocycles. The lowest BCUT2D eigenvalue weighted by atomic mass is 10.1. The zero-order chi connectivity index (χ0) is 21.8. The van der Waals surface area contributed by atoms with E-state index >= 15 is 0 Å². The number of carbonyl (C=O) groups is 1. The van der Waals surface area contributed by atoms with E-state index in [9.17, 15) is 13.2 Å². The van der Waals surface area contributed by atoms with Crippen molar-refractivity contribution in [2.24, 2.45) is 0 Å². The highest BCUT2D eigenvalue weighted by Crippen LogP contribution is 2.25. The first-order valence-electron chi connectivity index (χ1n) is 10.6. The number of carbonyl (C=O) groups excluding carboxylic acids is 1. The molecule has 2 N–H and O–H groups in total. The van der Waals surface area contributed by atoms with Crippen molar-refractivity contribution in [3.8, 4) is 5.75 Å². The lowest BCUT2D eigenvalue weighted by molar-refractivity contribution is 0.0489. The van der Waals surface area contributed by atoms with Crippen molar-refractivity contribution in [1.29, 1.82) is 0 Å². The molecule has 168 valence electrons. The van der Waals surface area contributed by atoms with Crippen LogP contribution in [0.3, 0.4) is 0 Å². The molecule has 2 aliphatic heterocycles. The van der Waals surface area contributed by atoms with Crippen molar-refractivity contribution in [3.63, 3.8) is 0 Å². The van der Waals surface area contributed by atoms with Gasteiger partial charge in [-0.3, -0.25) is 0 Å². The quantitative estimate of drug-likeness (QED) is 0.732. The van der Waals surface area contributed by atoms with Gasteiger partial charge in [0.05, 0.1) is 4.90 Å². The second-order valence-electron chi connectivity index (χ2n) is 8.87. The molecule has 2 aliphatic rings. The van der Waals surface area contributed by atoms with Crippen LogP contribution in [0, 0.1) is 0 Å². The summed E-state index contributed by atoms with van der Waals surface area (Å²) in [5.74, 6) is 0.587. The largest absolute Gasteiger partial charge is 0.490 e. The maximum Gasteiger partial charge on any atom is 0.407 e. The molecule has 0 bridgehead atoms. The van der Waals surface area contributed by atoms with E-state index in [0.717, 1.165) is 25.9 Å². The molecule has 2 saturated heterocycles. The van der Waals surface area contributed by atoms with E-state index < -0.39 is 21.7 Å². The van der Waals surface area contributed by atoms with Crippen molar-refractivity contribution in [2.75, 3.05) is 26.2 Å². The van der Waals surface area contributed by atoms with Crippen LogP contribution in [0.4, 0.5) is 4.79 Å². The molecule has 0 radical (unpaired) electrons. The predicted octanol–water partition coefficient (Wildman–Crippen LogP) is 2.50. The van der Waals surface area contributed by atoms with Gasteiger partial charge in [0, 0.05) is 25.2 Å². The molecule has 0 atom stereocenters. The third-order valence-corrected chi connectivity index (χ3v) is 7.10. The highest BCUT2D eigenvalue weighted by molar-refractivity contribution is 7.89. The van der Waals surface area contributed by atoms with E-state index in [0.29, 0.717) is 31.7 Å². The minimum atomic E-state index is -3.61. The van der Waals surface area contributed by atoms with Crippen LogP contribution in [0.1, 0.15) is 46.5 Å². The first-order chi connectivity index (χ1) is 14.1. The molecular formula is C21H33N3O5S. The molecule has 0 aromatic heterocycles. The molecule has 0 aliphatic carbocycles. The second-order valence-corrected chi connectivity index (χ2v) is 10.8. The fourth-order valence-corrected chi connectivity index (χ4v) is 5.18. The average Bonchev–Trinajstić information content (AvgIpc) is 2.68. The van der Waals surface area contributed by atoms with Gasteiger partial charge in [0.1, 0.15) is 17.5 Å². The van der Waals surface area contributed by atoms with Crippen LogP contribution in [0.5, 0.6) is 5.75 Å². The van der Waals surface area contributed by atoms with Gasteiger partial charge in [0.15, 0.2) is 0 Å². The maximum absolute atomic E-state index is 13.1. The molecule has 3 rings (SSSR count). The van der Waals surface area contributed by atoms with E-state index in [-0.39, 0.29) is 17.0 Å². The van der Waals surface area contributed by atoms with E-state index in [1.165, 1.54) is 4.31 Å². The van der Waals surface area contributed by atoms with Gasteiger partial charge >= 0.3 is 6.09 Å². The zero-order valence-corrected chi connectivity index (χ0v) is 18.8. The molecule has 30 heavy (non-hydrogen) atoms. The van der Waals surface area contributed by atoms with Gasteiger partial charge in [0.25, 0.3) is 0 Å². The molecule has 2 heterocycles. The van der Waals surface area contributed by atoms with Gasteiger partial charge < -0.3 is 20.1 Å². The number of alkyl carbamates (subject to hydrolysis) is 1. The number of nitrogens with zero attached hydrogens (tertiary/aromatic N) is 1. The van der Waals surface area contributed by atoms with Crippen LogP contribution in [0.2, 0.25) is 0 Å². The zero-order valence-electron chi connectivity index (χ0n) is 18.0. The molecule has 0 spiro atoms. The fraction of sp³-hybridized carbons (Fsp3) is 0.667. The predicted molar refractivity (Wildman–Crippen MR) is 114 cm³/mol. The van der Waals surface area contributed by atoms with Gasteiger partial charge in [0.2, 0.25) is 10.0 Å². The van der Waals surface area contributed by atoms with Crippen LogP contribution < -0.4 is 15.4 Å². The van der Waals surface area contributed by atoms with E-state index in [2.05, 4.69) is 10.6 Å². The molecule has 1 aromatic rings. The molecule has 2 fully saturated rings. The summed E-state index contributed by atoms with van der Waals surface area (Å²) >= 11 is 0. The molecule has 9 heteroatoms. The summed E-state index contributed by atoms with van der Waals surface area (Å²) in [5.41, 5.74) is -0.560. The Morgan fingerprint density at radius 3 is 2.43 bits per heavy atom. The first kappa shape index (κ1) is 22.8. The molecule has 1 aromatic carbocycles. The van der Waals surface area contributed by atoms with Gasteiger partial charge in [-0.15, -0.1) is 0 Å². The van der Waals surface area contributed by atoms with E-state index in [1.807, 2.05) is 20.8 Å². The minimum Gasteiger partial charge on any atom is -0.490 e. The molecule has 0 unspecified atom stereocenters. The van der Waals surface area contributed by atoms with Crippen LogP contribution in [-0.2, 0) is 14.8 Å². The first-order valence-corrected chi connectivity index (χ1v) is 12.0. The summed E-state index contributed by atoms with van der Waals surface area (Å²) in [6.45, 7) is 7.95. The Kier molecular flexibility index (Phi) is 7.26. The number of rotatable bonds is 5. The summed E-state index contributed by atoms with van der Waals surface area (Å²) < 4.78 is 38.9. The van der Waals surface area contributed by atoms with Crippen LogP contribution >= 0.6 is 0 Å². The van der Waals surface area contributed by atoms with Crippen molar-refractivity contribution in [2.45, 2.75) is 69.1 Å². The minimum absolute atomic E-state index is 0.0964. The number of benzene rings is 1. The number of ether oxygens (including phenoxy) is 2. The molecular weight excluding hydrogens is 406 g/mol. The van der Waals surface area contributed by atoms with Gasteiger partial charge in [-0.1, -0.05) is 6.07 Å². The second kappa shape index (κ2) is 9.53. The fourth-order valence-electron chi connectivity index (χ4n) is 3.68. The van der Waals surface area contributed by atoms with Gasteiger partial charge in [-0.25, -0.2) is 13.2 Å². The van der Waals surface area contributed by atoms with E-state index in [4.69, 9.17) is 9.47 Å². The Bertz CT molecular complexity index is 823. The number of nitrogens with one attached hydrogen (secondary N) is 2. The Balaban J connectivity index is 1.57. The summed E-state index contributed by atoms with van der Waals surface area (Å²) in [4.78, 5) is 12.2. The number of sulfonamides is 1. The standard InChI is InChI=1S/C21H33N3O5S/c1-21(2,3)29-20(25)23-16-9-13-24(14-10-16)30(26,27)19-6-4-5-18(15-19)28-17-7-11-22-12-8-17/h4-6,15-17,22H,7-14H2,1-3H3,(H,23,25). The summed E-state index contributed by atoms with van der Waals surface area (Å²) in [5, 5.41) is 6.12. The monoisotopic (exact) mass is 439 g/mol. The highest BCUT2D eigenvalue weighted by atomic mass is 32.2. The Labute approximate surface area is 179 Å². The third kappa shape index (κ3) is 6.33. The Morgan fingerprint density at radius 2 is 1.80 bits per heavy atom. The normalized spacial score (nSPS) is 20.0. The molecule has 1 amide bonds. The van der Waals surface area contributed by atoms with Crippen LogP contribution in [-0.4, -0.2) is 62.7 Å². The third-order valence-electron chi connectivity index (χ3n) is 5.21. The lowest BCUT2D eigenvalue weighted by Crippen LogP contribution is -2.47. The Hall–Kier alpha value is -1.84. The maximum atomic E-state index is 13.1. The summed E-state index contributed by atoms with van der Waals surface area (Å²) in [6.07, 6.45) is 2.56. The average molecular weight is 440 g/mol. The van der Waals surface area contributed by atoms with Crippen molar-refractivity contribution < 1.29 is 22.7 Å². The van der Waals surface area contributed by atoms with Crippen LogP contribution in [0.25, 0.3) is 0 Å². The number of piperidine rings is 2. The van der Waals surface area contributed by atoms with E-state index in [1.54, 1.807) is 24.3 Å². The number of hydrogen-bond acceptors (Lipinski definition) is 6. The summed E-state index contributed by atoms with van der Waals surface area (Å²) in [6, 6.07) is 6.65. The van der Waals surface area contributed by atoms with Crippen LogP contribution in [0.15, 0.2) is 29.2 Å². The summed E-state index contributed by atoms with van der Waals surface area (Å²) in [7, 11) is -3.61. The van der Waals surface area contributed by atoms with Crippen molar-refractivity contribution in [3.05, 3.63) is 24.3 Å². The van der Waals surface area contributed by atoms with Gasteiger partial charge in [-0.05, 0) is 71.7 Å². The SMILES string of the molecule is CC(C)(C)OC(=O)NC1CCN(S(=O)(=O)c2cccc(OC3CCNCC3)c2)CC1. The van der Waals surface area contributed by atoms with Crippen molar-refractivity contribution >= 4 is 16.1 Å². The lowest BCUT2D eigenvalue weighted by Gasteiger charge is -2.32. The Morgan fingerprint density at radius 1 is 1.13 bits per heavy atom. The number of amides is 1. The molecule has 8 nitrogen and oxygen atoms in total. The van der Waals surface area contributed by atoms with Gasteiger partial charge in [-0.2, -0.15) is 4.31 Å². The highest BCUT2D eigenvalue weighted by Gasteiger charge is 2.31.